The molecule has 2 N–H and O–H groups in total. The van der Waals surface area contributed by atoms with Gasteiger partial charge in [-0.15, -0.1) is 0 Å². The molecule has 2 aromatic rings. The van der Waals surface area contributed by atoms with Gasteiger partial charge >= 0.3 is 6.03 Å². The van der Waals surface area contributed by atoms with E-state index in [2.05, 4.69) is 10.6 Å². The maximum absolute atomic E-state index is 12.6. The number of carbonyl (C=O) groups excluding carboxylic acids is 3. The fourth-order valence-electron chi connectivity index (χ4n) is 3.14. The van der Waals surface area contributed by atoms with Gasteiger partial charge in [0, 0.05) is 13.0 Å². The van der Waals surface area contributed by atoms with Crippen molar-refractivity contribution in [3.8, 4) is 11.5 Å². The molecule has 0 saturated carbocycles. The first-order chi connectivity index (χ1) is 14.5. The lowest BCUT2D eigenvalue weighted by molar-refractivity contribution is -0.128. The normalized spacial score (nSPS) is 15.7. The molecular formula is C22H25N3O5. The number of imide groups is 1. The van der Waals surface area contributed by atoms with Crippen molar-refractivity contribution in [1.82, 2.24) is 15.5 Å². The van der Waals surface area contributed by atoms with Crippen LogP contribution in [0.4, 0.5) is 4.79 Å². The molecule has 2 aromatic carbocycles. The molecule has 158 valence electrons. The summed E-state index contributed by atoms with van der Waals surface area (Å²) in [5, 5.41) is 5.48. The van der Waals surface area contributed by atoms with Crippen LogP contribution in [0.1, 0.15) is 24.0 Å². The summed E-state index contributed by atoms with van der Waals surface area (Å²) in [6.45, 7) is 0.562. The van der Waals surface area contributed by atoms with Crippen molar-refractivity contribution in [2.75, 3.05) is 14.2 Å². The molecular weight excluding hydrogens is 386 g/mol. The molecule has 0 radical (unpaired) electrons. The Kier molecular flexibility index (Phi) is 6.90. The summed E-state index contributed by atoms with van der Waals surface area (Å²) in [7, 11) is 3.17. The average molecular weight is 411 g/mol. The van der Waals surface area contributed by atoms with Gasteiger partial charge in [0.1, 0.15) is 17.5 Å². The Morgan fingerprint density at radius 2 is 1.53 bits per heavy atom. The second-order valence-corrected chi connectivity index (χ2v) is 6.94. The van der Waals surface area contributed by atoms with Gasteiger partial charge in [-0.05, 0) is 41.8 Å². The first-order valence-corrected chi connectivity index (χ1v) is 9.64. The van der Waals surface area contributed by atoms with Crippen LogP contribution >= 0.6 is 0 Å². The summed E-state index contributed by atoms with van der Waals surface area (Å²) in [5.41, 5.74) is 1.76. The van der Waals surface area contributed by atoms with E-state index in [0.29, 0.717) is 12.3 Å². The quantitative estimate of drug-likeness (QED) is 0.617. The maximum atomic E-state index is 12.6. The molecule has 30 heavy (non-hydrogen) atoms. The standard InChI is InChI=1S/C22H25N3O5/c1-29-17-7-3-15(4-8-17)13-23-20(26)12-11-19-21(27)25(22(28)24-19)14-16-5-9-18(30-2)10-6-16/h3-10,19H,11-14H2,1-2H3,(H,23,26)(H,24,28)/t19-/m0/s1. The first kappa shape index (κ1) is 21.2. The molecule has 0 aromatic heterocycles. The molecule has 8 heteroatoms. The lowest BCUT2D eigenvalue weighted by atomic mass is 10.1. The van der Waals surface area contributed by atoms with Gasteiger partial charge in [-0.1, -0.05) is 24.3 Å². The van der Waals surface area contributed by atoms with Gasteiger partial charge in [-0.25, -0.2) is 4.79 Å². The van der Waals surface area contributed by atoms with Crippen LogP contribution < -0.4 is 20.1 Å². The molecule has 0 aliphatic carbocycles. The molecule has 1 atom stereocenters. The lowest BCUT2D eigenvalue weighted by Crippen LogP contribution is -2.32. The molecule has 3 rings (SSSR count). The van der Waals surface area contributed by atoms with Crippen LogP contribution in [0.3, 0.4) is 0 Å². The largest absolute Gasteiger partial charge is 0.497 e. The Bertz CT molecular complexity index is 896. The fraction of sp³-hybridized carbons (Fsp3) is 0.318. The molecule has 1 aliphatic rings. The van der Waals surface area contributed by atoms with E-state index in [0.717, 1.165) is 16.9 Å². The molecule has 0 bridgehead atoms. The van der Waals surface area contributed by atoms with Crippen LogP contribution in [0.25, 0.3) is 0 Å². The topological polar surface area (TPSA) is 97.0 Å². The van der Waals surface area contributed by atoms with E-state index >= 15 is 0 Å². The zero-order valence-corrected chi connectivity index (χ0v) is 17.0. The van der Waals surface area contributed by atoms with Gasteiger partial charge in [0.15, 0.2) is 0 Å². The zero-order valence-electron chi connectivity index (χ0n) is 17.0. The summed E-state index contributed by atoms with van der Waals surface area (Å²) in [6.07, 6.45) is 0.390. The monoisotopic (exact) mass is 411 g/mol. The van der Waals surface area contributed by atoms with Crippen LogP contribution in [0.15, 0.2) is 48.5 Å². The number of hydrogen-bond donors (Lipinski definition) is 2. The molecule has 1 saturated heterocycles. The van der Waals surface area contributed by atoms with Crippen molar-refractivity contribution in [2.24, 2.45) is 0 Å². The third kappa shape index (κ3) is 5.28. The summed E-state index contributed by atoms with van der Waals surface area (Å²) in [5.74, 6) is 0.953. The number of rotatable bonds is 9. The van der Waals surface area contributed by atoms with Crippen LogP contribution in [-0.4, -0.2) is 43.0 Å². The number of urea groups is 1. The number of nitrogens with one attached hydrogen (secondary N) is 2. The van der Waals surface area contributed by atoms with Crippen LogP contribution in [0.2, 0.25) is 0 Å². The zero-order chi connectivity index (χ0) is 21.5. The minimum atomic E-state index is -0.692. The number of hydrogen-bond acceptors (Lipinski definition) is 5. The summed E-state index contributed by atoms with van der Waals surface area (Å²) in [6, 6.07) is 13.4. The van der Waals surface area contributed by atoms with Gasteiger partial charge in [0.2, 0.25) is 5.91 Å². The van der Waals surface area contributed by atoms with Gasteiger partial charge in [-0.2, -0.15) is 0 Å². The van der Waals surface area contributed by atoms with Crippen molar-refractivity contribution < 1.29 is 23.9 Å². The first-order valence-electron chi connectivity index (χ1n) is 9.64. The van der Waals surface area contributed by atoms with E-state index < -0.39 is 12.1 Å². The van der Waals surface area contributed by atoms with E-state index in [1.807, 2.05) is 24.3 Å². The number of nitrogens with zero attached hydrogens (tertiary/aromatic N) is 1. The minimum absolute atomic E-state index is 0.142. The van der Waals surface area contributed by atoms with Gasteiger partial charge in [0.05, 0.1) is 20.8 Å². The van der Waals surface area contributed by atoms with Crippen molar-refractivity contribution >= 4 is 17.8 Å². The van der Waals surface area contributed by atoms with Crippen LogP contribution in [-0.2, 0) is 22.7 Å². The van der Waals surface area contributed by atoms with Crippen molar-refractivity contribution in [2.45, 2.75) is 32.0 Å². The molecule has 1 fully saturated rings. The summed E-state index contributed by atoms with van der Waals surface area (Å²) < 4.78 is 10.2. The van der Waals surface area contributed by atoms with Gasteiger partial charge in [-0.3, -0.25) is 14.5 Å². The second-order valence-electron chi connectivity index (χ2n) is 6.94. The van der Waals surface area contributed by atoms with Crippen LogP contribution in [0.5, 0.6) is 11.5 Å². The number of amides is 4. The van der Waals surface area contributed by atoms with Crippen LogP contribution in [0, 0.1) is 0 Å². The second kappa shape index (κ2) is 9.78. The SMILES string of the molecule is COc1ccc(CNC(=O)CC[C@@H]2NC(=O)N(Cc3ccc(OC)cc3)C2=O)cc1. The molecule has 1 heterocycles. The smallest absolute Gasteiger partial charge is 0.325 e. The Hall–Kier alpha value is -3.55. The third-order valence-electron chi connectivity index (χ3n) is 4.92. The van der Waals surface area contributed by atoms with E-state index in [1.165, 1.54) is 4.90 Å². The minimum Gasteiger partial charge on any atom is -0.497 e. The molecule has 8 nitrogen and oxygen atoms in total. The van der Waals surface area contributed by atoms with E-state index in [-0.39, 0.29) is 31.2 Å². The molecule has 0 spiro atoms. The Balaban J connectivity index is 1.46. The predicted molar refractivity (Wildman–Crippen MR) is 110 cm³/mol. The highest BCUT2D eigenvalue weighted by atomic mass is 16.5. The Morgan fingerprint density at radius 3 is 2.10 bits per heavy atom. The van der Waals surface area contributed by atoms with E-state index in [4.69, 9.17) is 9.47 Å². The predicted octanol–water partition coefficient (Wildman–Crippen LogP) is 2.22. The number of benzene rings is 2. The van der Waals surface area contributed by atoms with E-state index in [1.54, 1.807) is 38.5 Å². The highest BCUT2D eigenvalue weighted by Crippen LogP contribution is 2.17. The molecule has 0 unspecified atom stereocenters. The Labute approximate surface area is 175 Å². The third-order valence-corrected chi connectivity index (χ3v) is 4.92. The molecule has 1 aliphatic heterocycles. The number of carbonyl (C=O) groups is 3. The fourth-order valence-corrected chi connectivity index (χ4v) is 3.14. The van der Waals surface area contributed by atoms with Gasteiger partial charge < -0.3 is 20.1 Å². The van der Waals surface area contributed by atoms with Crippen molar-refractivity contribution in [3.05, 3.63) is 59.7 Å². The summed E-state index contributed by atoms with van der Waals surface area (Å²) in [4.78, 5) is 38.1. The highest BCUT2D eigenvalue weighted by Gasteiger charge is 2.37. The Morgan fingerprint density at radius 1 is 0.967 bits per heavy atom. The number of ether oxygens (including phenoxy) is 2. The lowest BCUT2D eigenvalue weighted by Gasteiger charge is -2.13. The number of methoxy groups -OCH3 is 2. The van der Waals surface area contributed by atoms with Crippen molar-refractivity contribution in [1.29, 1.82) is 0 Å². The maximum Gasteiger partial charge on any atom is 0.325 e. The highest BCUT2D eigenvalue weighted by molar-refractivity contribution is 6.04. The molecule has 4 amide bonds. The average Bonchev–Trinajstić information content (AvgIpc) is 3.04. The van der Waals surface area contributed by atoms with Gasteiger partial charge in [0.25, 0.3) is 5.91 Å². The van der Waals surface area contributed by atoms with E-state index in [9.17, 15) is 14.4 Å². The van der Waals surface area contributed by atoms with Crippen molar-refractivity contribution in [3.63, 3.8) is 0 Å². The summed E-state index contributed by atoms with van der Waals surface area (Å²) >= 11 is 0.